The van der Waals surface area contributed by atoms with Gasteiger partial charge in [-0.2, -0.15) is 13.2 Å². The van der Waals surface area contributed by atoms with Crippen LogP contribution in [0, 0.1) is 17.2 Å². The summed E-state index contributed by atoms with van der Waals surface area (Å²) < 4.78 is 49.8. The number of alkyl halides is 3. The first-order valence-electron chi connectivity index (χ1n) is 8.18. The Labute approximate surface area is 148 Å². The van der Waals surface area contributed by atoms with Gasteiger partial charge in [0.15, 0.2) is 0 Å². The first kappa shape index (κ1) is 18.5. The predicted octanol–water partition coefficient (Wildman–Crippen LogP) is 3.87. The molecule has 3 nitrogen and oxygen atoms in total. The lowest BCUT2D eigenvalue weighted by atomic mass is 9.57. The molecule has 0 bridgehead atoms. The molecule has 1 spiro atoms. The van der Waals surface area contributed by atoms with E-state index in [-0.39, 0.29) is 28.5 Å². The summed E-state index contributed by atoms with van der Waals surface area (Å²) in [6.45, 7) is 1.95. The van der Waals surface area contributed by atoms with Gasteiger partial charge in [0, 0.05) is 36.8 Å². The fourth-order valence-electron chi connectivity index (χ4n) is 3.94. The molecule has 1 heterocycles. The van der Waals surface area contributed by atoms with Crippen molar-refractivity contribution in [1.29, 1.82) is 0 Å². The average Bonchev–Trinajstić information content (AvgIpc) is 2.40. The van der Waals surface area contributed by atoms with Crippen molar-refractivity contribution >= 4 is 17.5 Å². The molecule has 1 saturated carbocycles. The number of benzene rings is 1. The van der Waals surface area contributed by atoms with Crippen LogP contribution >= 0.6 is 11.6 Å². The van der Waals surface area contributed by atoms with Crippen molar-refractivity contribution in [2.75, 3.05) is 26.2 Å². The Bertz CT molecular complexity index is 630. The summed E-state index contributed by atoms with van der Waals surface area (Å²) >= 11 is 5.73. The summed E-state index contributed by atoms with van der Waals surface area (Å²) in [4.78, 5) is 13.8. The van der Waals surface area contributed by atoms with Gasteiger partial charge in [0.1, 0.15) is 5.82 Å². The highest BCUT2D eigenvalue weighted by atomic mass is 35.5. The fraction of sp³-hybridized carbons (Fsp3) is 0.588. The number of rotatable bonds is 5. The minimum absolute atomic E-state index is 0.0625. The summed E-state index contributed by atoms with van der Waals surface area (Å²) in [5.74, 6) is -0.617. The maximum atomic E-state index is 13.3. The second kappa shape index (κ2) is 6.76. The third kappa shape index (κ3) is 4.64. The number of nitrogens with zero attached hydrogens (tertiary/aromatic N) is 1. The predicted molar refractivity (Wildman–Crippen MR) is 86.0 cm³/mol. The highest BCUT2D eigenvalue weighted by Crippen LogP contribution is 2.51. The van der Waals surface area contributed by atoms with Crippen LogP contribution in [0.5, 0.6) is 0 Å². The average molecular weight is 379 g/mol. The molecule has 25 heavy (non-hydrogen) atoms. The Morgan fingerprint density at radius 2 is 1.96 bits per heavy atom. The molecule has 2 fully saturated rings. The largest absolute Gasteiger partial charge is 0.390 e. The number of carbonyl (C=O) groups excluding carboxylic acids is 1. The quantitative estimate of drug-likeness (QED) is 0.789. The number of likely N-dealkylation sites (tertiary alicyclic amines) is 1. The molecular weight excluding hydrogens is 360 g/mol. The van der Waals surface area contributed by atoms with Gasteiger partial charge in [-0.25, -0.2) is 4.39 Å². The van der Waals surface area contributed by atoms with E-state index in [2.05, 4.69) is 5.32 Å². The van der Waals surface area contributed by atoms with E-state index in [0.717, 1.165) is 25.0 Å². The summed E-state index contributed by atoms with van der Waals surface area (Å²) in [7, 11) is 0. The second-order valence-corrected chi connectivity index (χ2v) is 7.65. The molecule has 1 N–H and O–H groups in total. The number of carbonyl (C=O) groups is 1. The summed E-state index contributed by atoms with van der Waals surface area (Å²) in [6, 6.07) is 3.68. The van der Waals surface area contributed by atoms with E-state index in [1.54, 1.807) is 0 Å². The highest BCUT2D eigenvalue weighted by Gasteiger charge is 2.52. The molecule has 0 aromatic heterocycles. The Morgan fingerprint density at radius 3 is 2.56 bits per heavy atom. The molecule has 1 amide bonds. The molecule has 138 valence electrons. The Balaban J connectivity index is 1.37. The first-order valence-corrected chi connectivity index (χ1v) is 8.55. The summed E-state index contributed by atoms with van der Waals surface area (Å²) in [5.41, 5.74) is 0.310. The van der Waals surface area contributed by atoms with E-state index in [1.165, 1.54) is 6.07 Å². The molecule has 1 aromatic carbocycles. The van der Waals surface area contributed by atoms with E-state index < -0.39 is 18.4 Å². The van der Waals surface area contributed by atoms with Gasteiger partial charge >= 0.3 is 6.18 Å². The van der Waals surface area contributed by atoms with Crippen LogP contribution in [0.1, 0.15) is 29.6 Å². The minimum Gasteiger partial charge on any atom is -0.352 e. The van der Waals surface area contributed by atoms with Crippen molar-refractivity contribution in [1.82, 2.24) is 10.2 Å². The summed E-state index contributed by atoms with van der Waals surface area (Å²) in [5, 5.41) is 2.94. The standard InChI is InChI=1S/C17H19ClF4N2O/c18-13-3-12(4-14(19)5-13)15(25)23-8-11-6-16(7-11)9-24(10-16)2-1-17(20,21)22/h3-5,11H,1-2,6-10H2,(H,23,25). The van der Waals surface area contributed by atoms with Crippen molar-refractivity contribution in [2.45, 2.75) is 25.4 Å². The number of hydrogen-bond acceptors (Lipinski definition) is 2. The Morgan fingerprint density at radius 1 is 1.28 bits per heavy atom. The molecule has 2 aliphatic rings. The maximum absolute atomic E-state index is 13.3. The van der Waals surface area contributed by atoms with E-state index in [4.69, 9.17) is 11.6 Å². The normalized spacial score (nSPS) is 20.2. The van der Waals surface area contributed by atoms with Crippen LogP contribution in [0.25, 0.3) is 0 Å². The molecular formula is C17H19ClF4N2O. The molecule has 0 radical (unpaired) electrons. The molecule has 1 aliphatic heterocycles. The fourth-order valence-corrected chi connectivity index (χ4v) is 4.16. The van der Waals surface area contributed by atoms with E-state index >= 15 is 0 Å². The van der Waals surface area contributed by atoms with Crippen molar-refractivity contribution in [3.05, 3.63) is 34.6 Å². The number of hydrogen-bond donors (Lipinski definition) is 1. The lowest BCUT2D eigenvalue weighted by molar-refractivity contribution is -0.153. The molecule has 0 atom stereocenters. The number of halogens is 5. The topological polar surface area (TPSA) is 32.3 Å². The van der Waals surface area contributed by atoms with Crippen LogP contribution in [0.4, 0.5) is 17.6 Å². The van der Waals surface area contributed by atoms with Crippen LogP contribution in [0.2, 0.25) is 5.02 Å². The van der Waals surface area contributed by atoms with E-state index in [9.17, 15) is 22.4 Å². The van der Waals surface area contributed by atoms with Gasteiger partial charge in [-0.15, -0.1) is 0 Å². The van der Waals surface area contributed by atoms with Crippen molar-refractivity contribution < 1.29 is 22.4 Å². The zero-order chi connectivity index (χ0) is 18.2. The molecule has 1 saturated heterocycles. The number of nitrogens with one attached hydrogen (secondary N) is 1. The second-order valence-electron chi connectivity index (χ2n) is 7.22. The van der Waals surface area contributed by atoms with Gasteiger partial charge in [-0.05, 0) is 42.4 Å². The molecule has 0 unspecified atom stereocenters. The minimum atomic E-state index is -4.10. The van der Waals surface area contributed by atoms with Crippen LogP contribution in [0.3, 0.4) is 0 Å². The smallest absolute Gasteiger partial charge is 0.352 e. The molecule has 1 aromatic rings. The third-order valence-electron chi connectivity index (χ3n) is 4.95. The van der Waals surface area contributed by atoms with Gasteiger partial charge in [-0.1, -0.05) is 11.6 Å². The third-order valence-corrected chi connectivity index (χ3v) is 5.17. The zero-order valence-electron chi connectivity index (χ0n) is 13.5. The van der Waals surface area contributed by atoms with Crippen molar-refractivity contribution in [3.8, 4) is 0 Å². The molecule has 3 rings (SSSR count). The first-order chi connectivity index (χ1) is 11.6. The Hall–Kier alpha value is -1.34. The van der Waals surface area contributed by atoms with Gasteiger partial charge in [0.05, 0.1) is 6.42 Å². The molecule has 8 heteroatoms. The van der Waals surface area contributed by atoms with Crippen LogP contribution < -0.4 is 5.32 Å². The lowest BCUT2D eigenvalue weighted by Crippen LogP contribution is -2.63. The maximum Gasteiger partial charge on any atom is 0.390 e. The summed E-state index contributed by atoms with van der Waals surface area (Å²) in [6.07, 6.45) is -3.06. The SMILES string of the molecule is O=C(NCC1CC2(C1)CN(CCC(F)(F)F)C2)c1cc(F)cc(Cl)c1. The van der Waals surface area contributed by atoms with Crippen molar-refractivity contribution in [3.63, 3.8) is 0 Å². The van der Waals surface area contributed by atoms with Crippen LogP contribution in [0.15, 0.2) is 18.2 Å². The van der Waals surface area contributed by atoms with Gasteiger partial charge in [-0.3, -0.25) is 4.79 Å². The monoisotopic (exact) mass is 378 g/mol. The Kier molecular flexibility index (Phi) is 4.99. The number of amides is 1. The van der Waals surface area contributed by atoms with E-state index in [1.807, 2.05) is 4.90 Å². The highest BCUT2D eigenvalue weighted by molar-refractivity contribution is 6.31. The van der Waals surface area contributed by atoms with Gasteiger partial charge in [0.25, 0.3) is 5.91 Å². The van der Waals surface area contributed by atoms with E-state index in [0.29, 0.717) is 25.6 Å². The van der Waals surface area contributed by atoms with Crippen LogP contribution in [-0.4, -0.2) is 43.2 Å². The van der Waals surface area contributed by atoms with Gasteiger partial charge in [0.2, 0.25) is 0 Å². The van der Waals surface area contributed by atoms with Crippen molar-refractivity contribution in [2.24, 2.45) is 11.3 Å². The lowest BCUT2D eigenvalue weighted by Gasteiger charge is -2.59. The van der Waals surface area contributed by atoms with Crippen LogP contribution in [-0.2, 0) is 0 Å². The zero-order valence-corrected chi connectivity index (χ0v) is 14.3. The van der Waals surface area contributed by atoms with Gasteiger partial charge < -0.3 is 10.2 Å². The molecule has 1 aliphatic carbocycles.